The summed E-state index contributed by atoms with van der Waals surface area (Å²) in [5, 5.41) is 2.26. The average molecular weight is 311 g/mol. The molecule has 110 valence electrons. The molecule has 0 fully saturated rings. The predicted octanol–water partition coefficient (Wildman–Crippen LogP) is 3.77. The van der Waals surface area contributed by atoms with Gasteiger partial charge >= 0.3 is 0 Å². The van der Waals surface area contributed by atoms with E-state index in [1.807, 2.05) is 30.3 Å². The lowest BCUT2D eigenvalue weighted by molar-refractivity contribution is 1.28. The minimum absolute atomic E-state index is 0.0302. The van der Waals surface area contributed by atoms with Crippen LogP contribution in [0.25, 0.3) is 21.9 Å². The molecule has 3 aromatic rings. The third-order valence-electron chi connectivity index (χ3n) is 3.51. The molecule has 3 rings (SSSR count). The van der Waals surface area contributed by atoms with E-state index in [0.717, 1.165) is 21.9 Å². The molecule has 5 heteroatoms. The fraction of sp³-hybridized carbons (Fsp3) is 0.0588. The summed E-state index contributed by atoms with van der Waals surface area (Å²) in [6, 6.07) is 14.2. The van der Waals surface area contributed by atoms with Crippen LogP contribution >= 0.6 is 11.6 Å². The van der Waals surface area contributed by atoms with Crippen LogP contribution in [0.2, 0.25) is 5.02 Å². The Morgan fingerprint density at radius 1 is 1.09 bits per heavy atom. The number of nitrogens with two attached hydrogens (primary N) is 2. The van der Waals surface area contributed by atoms with Gasteiger partial charge < -0.3 is 11.5 Å². The highest BCUT2D eigenvalue weighted by Gasteiger charge is 2.09. The van der Waals surface area contributed by atoms with Crippen molar-refractivity contribution in [3.63, 3.8) is 0 Å². The summed E-state index contributed by atoms with van der Waals surface area (Å²) in [6.07, 6.45) is 1.55. The highest BCUT2D eigenvalue weighted by atomic mass is 35.5. The lowest BCUT2D eigenvalue weighted by Gasteiger charge is -2.09. The van der Waals surface area contributed by atoms with Gasteiger partial charge in [0, 0.05) is 17.0 Å². The van der Waals surface area contributed by atoms with E-state index in [1.165, 1.54) is 5.56 Å². The molecule has 0 spiro atoms. The van der Waals surface area contributed by atoms with Crippen molar-refractivity contribution in [2.45, 2.75) is 6.92 Å². The Morgan fingerprint density at radius 3 is 2.59 bits per heavy atom. The van der Waals surface area contributed by atoms with Gasteiger partial charge in [0.25, 0.3) is 0 Å². The number of fused-ring (bicyclic) bond motifs is 1. The Bertz CT molecular complexity index is 883. The molecule has 22 heavy (non-hydrogen) atoms. The molecule has 0 unspecified atom stereocenters. The van der Waals surface area contributed by atoms with Gasteiger partial charge in [0.1, 0.15) is 0 Å². The summed E-state index contributed by atoms with van der Waals surface area (Å²) in [5.74, 6) is 0.437. The third-order valence-corrected chi connectivity index (χ3v) is 3.81. The first-order chi connectivity index (χ1) is 10.6. The monoisotopic (exact) mass is 310 g/mol. The molecule has 0 aliphatic carbocycles. The molecule has 0 amide bonds. The highest BCUT2D eigenvalue weighted by molar-refractivity contribution is 6.35. The smallest absolute Gasteiger partial charge is 0.192 e. The fourth-order valence-corrected chi connectivity index (χ4v) is 2.68. The minimum Gasteiger partial charge on any atom is -0.370 e. The second-order valence-corrected chi connectivity index (χ2v) is 5.45. The van der Waals surface area contributed by atoms with Crippen molar-refractivity contribution in [3.8, 4) is 11.1 Å². The van der Waals surface area contributed by atoms with Gasteiger partial charge in [-0.2, -0.15) is 4.99 Å². The molecule has 1 aromatic heterocycles. The normalized spacial score (nSPS) is 10.6. The molecule has 4 nitrogen and oxygen atoms in total. The van der Waals surface area contributed by atoms with Gasteiger partial charge in [-0.25, -0.2) is 4.98 Å². The quantitative estimate of drug-likeness (QED) is 0.558. The van der Waals surface area contributed by atoms with Gasteiger partial charge in [-0.1, -0.05) is 48.0 Å². The van der Waals surface area contributed by atoms with Gasteiger partial charge in [0.05, 0.1) is 5.02 Å². The summed E-state index contributed by atoms with van der Waals surface area (Å²) in [4.78, 5) is 8.31. The molecule has 4 N–H and O–H groups in total. The number of aliphatic imine (C=N–C) groups is 1. The number of benzene rings is 2. The molecule has 0 atom stereocenters. The second kappa shape index (κ2) is 5.66. The lowest BCUT2D eigenvalue weighted by atomic mass is 9.98. The number of guanidine groups is 1. The first-order valence-corrected chi connectivity index (χ1v) is 7.18. The molecule has 0 bridgehead atoms. The van der Waals surface area contributed by atoms with Crippen LogP contribution in [0.1, 0.15) is 5.56 Å². The zero-order valence-electron chi connectivity index (χ0n) is 12.0. The van der Waals surface area contributed by atoms with Crippen LogP contribution in [0.4, 0.5) is 5.82 Å². The van der Waals surface area contributed by atoms with Gasteiger partial charge in [-0.3, -0.25) is 0 Å². The Hall–Kier alpha value is -2.59. The van der Waals surface area contributed by atoms with Gasteiger partial charge in [-0.05, 0) is 29.7 Å². The van der Waals surface area contributed by atoms with Crippen LogP contribution in [0.3, 0.4) is 0 Å². The Labute approximate surface area is 133 Å². The summed E-state index contributed by atoms with van der Waals surface area (Å²) in [7, 11) is 0. The minimum atomic E-state index is -0.0302. The first kappa shape index (κ1) is 14.4. The van der Waals surface area contributed by atoms with Crippen LogP contribution in [0.5, 0.6) is 0 Å². The molecule has 2 aromatic carbocycles. The molecular weight excluding hydrogens is 296 g/mol. The van der Waals surface area contributed by atoms with E-state index in [9.17, 15) is 0 Å². The molecular formula is C17H15ClN4. The van der Waals surface area contributed by atoms with Crippen LogP contribution in [0.15, 0.2) is 53.7 Å². The number of hydrogen-bond donors (Lipinski definition) is 2. The zero-order chi connectivity index (χ0) is 15.7. The number of aromatic nitrogens is 1. The number of rotatable bonds is 2. The van der Waals surface area contributed by atoms with E-state index in [-0.39, 0.29) is 5.96 Å². The maximum absolute atomic E-state index is 6.22. The van der Waals surface area contributed by atoms with E-state index in [4.69, 9.17) is 23.1 Å². The van der Waals surface area contributed by atoms with Crippen molar-refractivity contribution >= 4 is 34.2 Å². The average Bonchev–Trinajstić information content (AvgIpc) is 2.50. The highest BCUT2D eigenvalue weighted by Crippen LogP contribution is 2.34. The van der Waals surface area contributed by atoms with Crippen molar-refractivity contribution in [1.29, 1.82) is 0 Å². The van der Waals surface area contributed by atoms with Crippen molar-refractivity contribution in [1.82, 2.24) is 4.98 Å². The number of aryl methyl sites for hydroxylation is 1. The third kappa shape index (κ3) is 2.61. The fourth-order valence-electron chi connectivity index (χ4n) is 2.47. The van der Waals surface area contributed by atoms with Gasteiger partial charge in [0.15, 0.2) is 11.8 Å². The van der Waals surface area contributed by atoms with Crippen molar-refractivity contribution < 1.29 is 0 Å². The van der Waals surface area contributed by atoms with E-state index < -0.39 is 0 Å². The lowest BCUT2D eigenvalue weighted by Crippen LogP contribution is -2.22. The van der Waals surface area contributed by atoms with Crippen LogP contribution in [-0.2, 0) is 0 Å². The summed E-state index contributed by atoms with van der Waals surface area (Å²) < 4.78 is 0. The number of pyridine rings is 1. The predicted molar refractivity (Wildman–Crippen MR) is 92.4 cm³/mol. The van der Waals surface area contributed by atoms with Crippen LogP contribution < -0.4 is 11.5 Å². The molecule has 0 radical (unpaired) electrons. The molecule has 1 heterocycles. The first-order valence-electron chi connectivity index (χ1n) is 6.80. The van der Waals surface area contributed by atoms with Crippen LogP contribution in [0, 0.1) is 6.92 Å². The Kier molecular flexibility index (Phi) is 3.69. The summed E-state index contributed by atoms with van der Waals surface area (Å²) in [5.41, 5.74) is 14.4. The van der Waals surface area contributed by atoms with Crippen LogP contribution in [-0.4, -0.2) is 10.9 Å². The van der Waals surface area contributed by atoms with Gasteiger partial charge in [0.2, 0.25) is 0 Å². The molecule has 0 saturated carbocycles. The number of halogens is 1. The van der Waals surface area contributed by atoms with E-state index in [1.54, 1.807) is 6.20 Å². The van der Waals surface area contributed by atoms with E-state index in [2.05, 4.69) is 29.0 Å². The van der Waals surface area contributed by atoms with Crippen molar-refractivity contribution in [3.05, 3.63) is 59.2 Å². The summed E-state index contributed by atoms with van der Waals surface area (Å²) in [6.45, 7) is 2.08. The standard InChI is InChI=1S/C17H15ClN4/c1-10-4-2-3-5-12(10)11-6-7-13-14(8-11)16(22-17(19)20)21-9-15(13)18/h2-9H,1H3,(H4,19,20,21,22). The van der Waals surface area contributed by atoms with E-state index in [0.29, 0.717) is 10.8 Å². The SMILES string of the molecule is Cc1ccccc1-c1ccc2c(Cl)cnc(N=C(N)N)c2c1. The maximum atomic E-state index is 6.22. The maximum Gasteiger partial charge on any atom is 0.192 e. The van der Waals surface area contributed by atoms with Crippen molar-refractivity contribution in [2.24, 2.45) is 16.5 Å². The van der Waals surface area contributed by atoms with E-state index >= 15 is 0 Å². The number of nitrogens with zero attached hydrogens (tertiary/aromatic N) is 2. The summed E-state index contributed by atoms with van der Waals surface area (Å²) >= 11 is 6.22. The topological polar surface area (TPSA) is 77.3 Å². The van der Waals surface area contributed by atoms with Gasteiger partial charge in [-0.15, -0.1) is 0 Å². The zero-order valence-corrected chi connectivity index (χ0v) is 12.8. The molecule has 0 aliphatic rings. The number of hydrogen-bond acceptors (Lipinski definition) is 2. The largest absolute Gasteiger partial charge is 0.370 e. The Balaban J connectivity index is 2.29. The molecule has 0 aliphatic heterocycles. The molecule has 0 saturated heterocycles. The Morgan fingerprint density at radius 2 is 1.86 bits per heavy atom. The second-order valence-electron chi connectivity index (χ2n) is 5.04. The van der Waals surface area contributed by atoms with Crippen molar-refractivity contribution in [2.75, 3.05) is 0 Å².